The molecule has 44 heavy (non-hydrogen) atoms. The first-order valence-electron chi connectivity index (χ1n) is 15.9. The molecule has 6 rings (SSSR count). The molecule has 11 heteroatoms. The van der Waals surface area contributed by atoms with Crippen molar-refractivity contribution in [1.29, 1.82) is 0 Å². The van der Waals surface area contributed by atoms with Gasteiger partial charge in [0.2, 0.25) is 11.8 Å². The zero-order valence-corrected chi connectivity index (χ0v) is 26.8. The number of aryl methyl sites for hydroxylation is 1. The maximum atomic E-state index is 14.0. The van der Waals surface area contributed by atoms with Gasteiger partial charge in [0, 0.05) is 32.1 Å². The molecule has 3 aromatic rings. The molecule has 5 heterocycles. The molecule has 3 saturated heterocycles. The van der Waals surface area contributed by atoms with Gasteiger partial charge in [-0.25, -0.2) is 4.98 Å². The Labute approximate surface area is 263 Å². The molecule has 3 aliphatic rings. The highest BCUT2D eigenvalue weighted by Gasteiger charge is 2.44. The maximum absolute atomic E-state index is 14.0. The zero-order valence-electron chi connectivity index (χ0n) is 26.0. The summed E-state index contributed by atoms with van der Waals surface area (Å²) in [5.41, 5.74) is 4.89. The van der Waals surface area contributed by atoms with Gasteiger partial charge < -0.3 is 30.1 Å². The summed E-state index contributed by atoms with van der Waals surface area (Å²) in [6.45, 7) is 12.1. The van der Waals surface area contributed by atoms with Gasteiger partial charge >= 0.3 is 0 Å². The molecule has 3 N–H and O–H groups in total. The molecule has 0 spiro atoms. The third kappa shape index (κ3) is 6.27. The number of aliphatic hydroxyl groups excluding tert-OH is 1. The van der Waals surface area contributed by atoms with E-state index in [1.54, 1.807) is 11.3 Å². The number of benzene rings is 1. The van der Waals surface area contributed by atoms with E-state index >= 15 is 0 Å². The van der Waals surface area contributed by atoms with Crippen molar-refractivity contribution in [2.45, 2.75) is 71.1 Å². The van der Waals surface area contributed by atoms with Crippen LogP contribution in [0.2, 0.25) is 0 Å². The number of thiazole rings is 1. The number of hydrogen-bond acceptors (Lipinski definition) is 9. The van der Waals surface area contributed by atoms with E-state index in [-0.39, 0.29) is 36.7 Å². The smallest absolute Gasteiger partial charge is 0.243 e. The van der Waals surface area contributed by atoms with E-state index in [1.807, 2.05) is 63.5 Å². The van der Waals surface area contributed by atoms with Crippen molar-refractivity contribution in [1.82, 2.24) is 25.7 Å². The van der Waals surface area contributed by atoms with E-state index < -0.39 is 18.1 Å². The minimum absolute atomic E-state index is 0.0803. The van der Waals surface area contributed by atoms with Crippen molar-refractivity contribution in [3.8, 4) is 10.4 Å². The van der Waals surface area contributed by atoms with Gasteiger partial charge in [0.05, 0.1) is 28.2 Å². The molecular formula is C33H44N6O4S. The summed E-state index contributed by atoms with van der Waals surface area (Å²) in [7, 11) is 0. The summed E-state index contributed by atoms with van der Waals surface area (Å²) in [4.78, 5) is 36.8. The number of nitrogens with zero attached hydrogens (tertiary/aromatic N) is 4. The lowest BCUT2D eigenvalue weighted by Crippen LogP contribution is -2.52. The second kappa shape index (κ2) is 13.0. The van der Waals surface area contributed by atoms with Crippen LogP contribution in [-0.4, -0.2) is 76.8 Å². The summed E-state index contributed by atoms with van der Waals surface area (Å²) in [5, 5.41) is 21.4. The Morgan fingerprint density at radius 1 is 1.09 bits per heavy atom. The minimum atomic E-state index is -0.766. The number of piperidine rings is 1. The summed E-state index contributed by atoms with van der Waals surface area (Å²) in [6.07, 6.45) is 1.88. The lowest BCUT2D eigenvalue weighted by Gasteiger charge is -2.44. The van der Waals surface area contributed by atoms with Gasteiger partial charge in [-0.2, -0.15) is 0 Å². The number of amides is 2. The average Bonchev–Trinajstić information content (AvgIpc) is 3.73. The number of aliphatic hydroxyl groups is 1. The van der Waals surface area contributed by atoms with Gasteiger partial charge in [0.15, 0.2) is 11.6 Å². The van der Waals surface area contributed by atoms with Gasteiger partial charge in [0.25, 0.3) is 0 Å². The summed E-state index contributed by atoms with van der Waals surface area (Å²) in [5.74, 6) is 1.54. The quantitative estimate of drug-likeness (QED) is 0.327. The molecule has 2 aromatic heterocycles. The molecule has 0 saturated carbocycles. The van der Waals surface area contributed by atoms with Crippen LogP contribution in [0.4, 0.5) is 5.82 Å². The van der Waals surface area contributed by atoms with Crippen LogP contribution in [0.25, 0.3) is 10.4 Å². The van der Waals surface area contributed by atoms with E-state index in [4.69, 9.17) is 4.52 Å². The van der Waals surface area contributed by atoms with E-state index in [9.17, 15) is 14.7 Å². The first-order chi connectivity index (χ1) is 21.2. The first kappa shape index (κ1) is 30.7. The van der Waals surface area contributed by atoms with Crippen LogP contribution in [0.5, 0.6) is 0 Å². The van der Waals surface area contributed by atoms with Gasteiger partial charge in [-0.3, -0.25) is 9.59 Å². The number of likely N-dealkylation sites (tertiary alicyclic amines) is 1. The fourth-order valence-corrected chi connectivity index (χ4v) is 7.82. The lowest BCUT2D eigenvalue weighted by atomic mass is 9.80. The van der Waals surface area contributed by atoms with E-state index in [1.165, 1.54) is 17.7 Å². The van der Waals surface area contributed by atoms with Crippen molar-refractivity contribution >= 4 is 29.0 Å². The van der Waals surface area contributed by atoms with Crippen LogP contribution < -0.4 is 15.5 Å². The Kier molecular flexibility index (Phi) is 9.07. The van der Waals surface area contributed by atoms with Crippen molar-refractivity contribution in [2.24, 2.45) is 17.8 Å². The number of rotatable bonds is 9. The molecule has 0 aliphatic carbocycles. The Hall–Kier alpha value is -3.28. The molecule has 0 bridgehead atoms. The van der Waals surface area contributed by atoms with Crippen molar-refractivity contribution in [3.63, 3.8) is 0 Å². The van der Waals surface area contributed by atoms with Gasteiger partial charge in [-0.1, -0.05) is 43.3 Å². The highest BCUT2D eigenvalue weighted by atomic mass is 32.1. The Morgan fingerprint density at radius 2 is 1.82 bits per heavy atom. The fraction of sp³-hybridized carbons (Fsp3) is 0.576. The maximum Gasteiger partial charge on any atom is 0.243 e. The van der Waals surface area contributed by atoms with E-state index in [0.29, 0.717) is 11.7 Å². The molecule has 0 unspecified atom stereocenters. The number of carbonyl (C=O) groups excluding carboxylic acids is 2. The highest BCUT2D eigenvalue weighted by molar-refractivity contribution is 7.13. The second-order valence-corrected chi connectivity index (χ2v) is 13.9. The van der Waals surface area contributed by atoms with Gasteiger partial charge in [0.1, 0.15) is 12.0 Å². The number of hydrogen-bond donors (Lipinski definition) is 3. The predicted octanol–water partition coefficient (Wildman–Crippen LogP) is 4.12. The number of anilines is 1. The van der Waals surface area contributed by atoms with Crippen molar-refractivity contribution < 1.29 is 19.2 Å². The van der Waals surface area contributed by atoms with Crippen LogP contribution in [0.1, 0.15) is 69.0 Å². The number of carbonyl (C=O) groups is 2. The average molecular weight is 621 g/mol. The molecule has 2 amide bonds. The molecule has 3 fully saturated rings. The predicted molar refractivity (Wildman–Crippen MR) is 170 cm³/mol. The van der Waals surface area contributed by atoms with Crippen LogP contribution in [-0.2, 0) is 9.59 Å². The van der Waals surface area contributed by atoms with Gasteiger partial charge in [-0.05, 0) is 68.7 Å². The second-order valence-electron chi connectivity index (χ2n) is 13.1. The molecule has 236 valence electrons. The standard InChI is InChI=1S/C33H44N6O4S/c1-19(2)30(28-14-29(37-43-28)38-15-25(16-38)23-9-11-34-12-10-23)33(42)39-17-26(40)13-27(39)32(41)36-20(3)22-5-7-24(8-6-22)31-21(4)35-18-44-31/h5-8,14,18-20,23,25-27,30,34,40H,9-13,15-17H2,1-4H3,(H,36,41)/t20-,26+,27-,30+/m0/s1. The summed E-state index contributed by atoms with van der Waals surface area (Å²) < 4.78 is 5.78. The van der Waals surface area contributed by atoms with Gasteiger partial charge in [-0.15, -0.1) is 11.3 Å². The van der Waals surface area contributed by atoms with Crippen molar-refractivity contribution in [3.05, 3.63) is 52.9 Å². The highest BCUT2D eigenvalue weighted by Crippen LogP contribution is 2.37. The van der Waals surface area contributed by atoms with Crippen LogP contribution in [0.15, 0.2) is 40.4 Å². The van der Waals surface area contributed by atoms with Crippen LogP contribution in [0.3, 0.4) is 0 Å². The fourth-order valence-electron chi connectivity index (χ4n) is 7.00. The third-order valence-corrected chi connectivity index (χ3v) is 10.7. The Balaban J connectivity index is 1.10. The molecule has 3 aliphatic heterocycles. The third-order valence-electron chi connectivity index (χ3n) is 9.68. The zero-order chi connectivity index (χ0) is 31.0. The molecule has 10 nitrogen and oxygen atoms in total. The first-order valence-corrected chi connectivity index (χ1v) is 16.8. The largest absolute Gasteiger partial charge is 0.391 e. The summed E-state index contributed by atoms with van der Waals surface area (Å²) >= 11 is 1.61. The Morgan fingerprint density at radius 3 is 2.48 bits per heavy atom. The number of aromatic nitrogens is 2. The van der Waals surface area contributed by atoms with E-state index in [2.05, 4.69) is 25.7 Å². The Bertz CT molecular complexity index is 1440. The molecule has 4 atom stereocenters. The van der Waals surface area contributed by atoms with Crippen molar-refractivity contribution in [2.75, 3.05) is 37.6 Å². The van der Waals surface area contributed by atoms with Crippen LogP contribution >= 0.6 is 11.3 Å². The molecule has 1 aromatic carbocycles. The topological polar surface area (TPSA) is 124 Å². The SMILES string of the molecule is Cc1ncsc1-c1ccc([C@H](C)NC(=O)[C@@H]2C[C@@H](O)CN2C(=O)[C@@H](c2cc(N3CC(C4CCNCC4)C3)no2)C(C)C)cc1. The molecule has 0 radical (unpaired) electrons. The normalized spacial score (nSPS) is 22.7. The molecular weight excluding hydrogens is 576 g/mol. The lowest BCUT2D eigenvalue weighted by molar-refractivity contribution is -0.141. The monoisotopic (exact) mass is 620 g/mol. The number of nitrogens with one attached hydrogen (secondary N) is 2. The van der Waals surface area contributed by atoms with Crippen LogP contribution in [0, 0.1) is 24.7 Å². The minimum Gasteiger partial charge on any atom is -0.391 e. The number of β-amino-alcohol motifs (C(OH)–C–C–N with tert-alkyl or cyclic N) is 1. The summed E-state index contributed by atoms with van der Waals surface area (Å²) in [6, 6.07) is 8.97. The van der Waals surface area contributed by atoms with E-state index in [0.717, 1.165) is 59.6 Å².